The first-order chi connectivity index (χ1) is 22.3. The fourth-order valence-electron chi connectivity index (χ4n) is 6.42. The fraction of sp³-hybridized carbons (Fsp3) is 0. The predicted octanol–water partition coefficient (Wildman–Crippen LogP) is 11.7. The molecule has 4 nitrogen and oxygen atoms in total. The van der Waals surface area contributed by atoms with Gasteiger partial charge in [0.15, 0.2) is 5.58 Å². The van der Waals surface area contributed by atoms with Crippen LogP contribution in [-0.4, -0.2) is 4.98 Å². The summed E-state index contributed by atoms with van der Waals surface area (Å²) in [5.74, 6) is 0.607. The second-order valence-corrected chi connectivity index (χ2v) is 11.2. The topological polar surface area (TPSA) is 42.4 Å². The minimum Gasteiger partial charge on any atom is -0.456 e. The number of oxazole rings is 1. The third-order valence-corrected chi connectivity index (χ3v) is 8.49. The van der Waals surface area contributed by atoms with Crippen LogP contribution in [0.5, 0.6) is 0 Å². The number of benzene rings is 7. The lowest BCUT2D eigenvalue weighted by molar-refractivity contribution is 0.623. The van der Waals surface area contributed by atoms with Crippen LogP contribution in [-0.2, 0) is 0 Å². The molecule has 2 heterocycles. The predicted molar refractivity (Wildman–Crippen MR) is 184 cm³/mol. The average Bonchev–Trinajstić information content (AvgIpc) is 3.71. The molecule has 0 aliphatic heterocycles. The Kier molecular flexibility index (Phi) is 5.78. The molecule has 0 saturated heterocycles. The molecule has 0 aliphatic rings. The molecule has 4 heteroatoms. The molecular formula is C41H26N2O2. The van der Waals surface area contributed by atoms with Crippen LogP contribution in [0.4, 0.5) is 17.1 Å². The van der Waals surface area contributed by atoms with E-state index in [0.717, 1.165) is 77.6 Å². The molecule has 0 bridgehead atoms. The summed E-state index contributed by atoms with van der Waals surface area (Å²) in [5.41, 5.74) is 9.62. The summed E-state index contributed by atoms with van der Waals surface area (Å²) in [5, 5.41) is 4.24. The molecule has 0 amide bonds. The molecule has 45 heavy (non-hydrogen) atoms. The molecule has 7 aromatic carbocycles. The maximum absolute atomic E-state index is 6.61. The smallest absolute Gasteiger partial charge is 0.227 e. The normalized spacial score (nSPS) is 11.6. The van der Waals surface area contributed by atoms with Gasteiger partial charge in [0.25, 0.3) is 0 Å². The summed E-state index contributed by atoms with van der Waals surface area (Å²) in [6.07, 6.45) is 0. The van der Waals surface area contributed by atoms with Gasteiger partial charge in [-0.05, 0) is 65.5 Å². The molecule has 0 N–H and O–H groups in total. The summed E-state index contributed by atoms with van der Waals surface area (Å²) in [7, 11) is 0. The monoisotopic (exact) mass is 578 g/mol. The molecule has 0 fully saturated rings. The van der Waals surface area contributed by atoms with E-state index in [0.29, 0.717) is 5.89 Å². The zero-order chi connectivity index (χ0) is 29.7. The van der Waals surface area contributed by atoms with Gasteiger partial charge >= 0.3 is 0 Å². The first kappa shape index (κ1) is 25.4. The van der Waals surface area contributed by atoms with Gasteiger partial charge in [-0.1, -0.05) is 103 Å². The number of aromatic nitrogens is 1. The van der Waals surface area contributed by atoms with Crippen LogP contribution >= 0.6 is 0 Å². The zero-order valence-electron chi connectivity index (χ0n) is 24.2. The Bertz CT molecular complexity index is 2490. The van der Waals surface area contributed by atoms with Crippen molar-refractivity contribution in [1.29, 1.82) is 0 Å². The molecule has 9 rings (SSSR count). The van der Waals surface area contributed by atoms with Gasteiger partial charge in [0.2, 0.25) is 5.89 Å². The maximum atomic E-state index is 6.61. The average molecular weight is 579 g/mol. The van der Waals surface area contributed by atoms with Crippen molar-refractivity contribution >= 4 is 60.9 Å². The van der Waals surface area contributed by atoms with E-state index in [4.69, 9.17) is 13.8 Å². The Morgan fingerprint density at radius 1 is 0.489 bits per heavy atom. The minimum atomic E-state index is 0.607. The maximum Gasteiger partial charge on any atom is 0.227 e. The van der Waals surface area contributed by atoms with Gasteiger partial charge in [0, 0.05) is 27.6 Å². The van der Waals surface area contributed by atoms with Crippen molar-refractivity contribution in [3.8, 4) is 22.6 Å². The van der Waals surface area contributed by atoms with Crippen molar-refractivity contribution in [3.05, 3.63) is 158 Å². The van der Waals surface area contributed by atoms with Crippen molar-refractivity contribution < 1.29 is 8.83 Å². The number of furan rings is 1. The van der Waals surface area contributed by atoms with E-state index in [1.807, 2.05) is 48.5 Å². The van der Waals surface area contributed by atoms with Crippen molar-refractivity contribution in [1.82, 2.24) is 4.98 Å². The van der Waals surface area contributed by atoms with Crippen LogP contribution in [0.25, 0.3) is 66.4 Å². The Labute approximate surface area is 259 Å². The highest BCUT2D eigenvalue weighted by atomic mass is 16.3. The Morgan fingerprint density at radius 3 is 2.07 bits per heavy atom. The zero-order valence-corrected chi connectivity index (χ0v) is 24.2. The summed E-state index contributed by atoms with van der Waals surface area (Å²) in [6, 6.07) is 54.4. The van der Waals surface area contributed by atoms with Gasteiger partial charge in [-0.2, -0.15) is 0 Å². The molecule has 2 aromatic heterocycles. The van der Waals surface area contributed by atoms with E-state index < -0.39 is 0 Å². The molecule has 0 spiro atoms. The first-order valence-corrected chi connectivity index (χ1v) is 15.1. The number of anilines is 3. The van der Waals surface area contributed by atoms with E-state index >= 15 is 0 Å². The van der Waals surface area contributed by atoms with Crippen LogP contribution < -0.4 is 4.90 Å². The van der Waals surface area contributed by atoms with Gasteiger partial charge < -0.3 is 13.7 Å². The quantitative estimate of drug-likeness (QED) is 0.204. The van der Waals surface area contributed by atoms with Crippen molar-refractivity contribution in [2.75, 3.05) is 4.90 Å². The number of para-hydroxylation sites is 2. The number of hydrogen-bond donors (Lipinski definition) is 0. The van der Waals surface area contributed by atoms with Crippen LogP contribution in [0, 0.1) is 0 Å². The summed E-state index contributed by atoms with van der Waals surface area (Å²) in [4.78, 5) is 7.26. The minimum absolute atomic E-state index is 0.607. The summed E-state index contributed by atoms with van der Waals surface area (Å²) in [6.45, 7) is 0. The second-order valence-electron chi connectivity index (χ2n) is 11.2. The van der Waals surface area contributed by atoms with E-state index in [-0.39, 0.29) is 0 Å². The van der Waals surface area contributed by atoms with Crippen LogP contribution in [0.15, 0.2) is 167 Å². The summed E-state index contributed by atoms with van der Waals surface area (Å²) < 4.78 is 12.8. The van der Waals surface area contributed by atoms with Gasteiger partial charge in [0.05, 0.1) is 16.8 Å². The fourth-order valence-corrected chi connectivity index (χ4v) is 6.42. The molecule has 0 saturated carbocycles. The third-order valence-electron chi connectivity index (χ3n) is 8.49. The van der Waals surface area contributed by atoms with Crippen molar-refractivity contribution in [2.45, 2.75) is 0 Å². The van der Waals surface area contributed by atoms with E-state index in [9.17, 15) is 0 Å². The third kappa shape index (κ3) is 4.19. The van der Waals surface area contributed by atoms with Crippen molar-refractivity contribution in [2.24, 2.45) is 0 Å². The Morgan fingerprint density at radius 2 is 1.20 bits per heavy atom. The lowest BCUT2D eigenvalue weighted by Gasteiger charge is -2.29. The Balaban J connectivity index is 1.36. The number of fused-ring (bicyclic) bond motifs is 6. The molecule has 212 valence electrons. The molecule has 0 aliphatic carbocycles. The van der Waals surface area contributed by atoms with E-state index in [2.05, 4.69) is 114 Å². The number of nitrogens with zero attached hydrogens (tertiary/aromatic N) is 2. The highest BCUT2D eigenvalue weighted by molar-refractivity contribution is 6.14. The second kappa shape index (κ2) is 10.2. The molecule has 0 unspecified atom stereocenters. The SMILES string of the molecule is c1ccc(-c2nc3ccc4cccc(N(c5ccc6oc7ccccc7c6c5)c5ccccc5-c5ccccc5)c4c3o2)cc1. The van der Waals surface area contributed by atoms with Gasteiger partial charge in [-0.3, -0.25) is 0 Å². The highest BCUT2D eigenvalue weighted by Crippen LogP contribution is 2.46. The highest BCUT2D eigenvalue weighted by Gasteiger charge is 2.23. The standard InChI is InChI=1S/C41H26N2O2/c1-3-12-27(13-4-1)31-17-7-9-19-35(31)43(30-23-25-38-33(26-30)32-18-8-10-21-37(32)44-38)36-20-11-16-28-22-24-34-40(39(28)36)45-41(42-34)29-14-5-2-6-15-29/h1-26H. The lowest BCUT2D eigenvalue weighted by Crippen LogP contribution is -2.11. The van der Waals surface area contributed by atoms with Crippen molar-refractivity contribution in [3.63, 3.8) is 0 Å². The summed E-state index contributed by atoms with van der Waals surface area (Å²) >= 11 is 0. The molecular weight excluding hydrogens is 552 g/mol. The van der Waals surface area contributed by atoms with Gasteiger partial charge in [-0.15, -0.1) is 0 Å². The van der Waals surface area contributed by atoms with Crippen LogP contribution in [0.1, 0.15) is 0 Å². The Hall–Kier alpha value is -6.13. The van der Waals surface area contributed by atoms with Gasteiger partial charge in [-0.25, -0.2) is 4.98 Å². The molecule has 0 atom stereocenters. The largest absolute Gasteiger partial charge is 0.456 e. The van der Waals surface area contributed by atoms with E-state index in [1.165, 1.54) is 0 Å². The number of rotatable bonds is 5. The van der Waals surface area contributed by atoms with Gasteiger partial charge in [0.1, 0.15) is 16.7 Å². The molecule has 0 radical (unpaired) electrons. The first-order valence-electron chi connectivity index (χ1n) is 15.1. The van der Waals surface area contributed by atoms with E-state index in [1.54, 1.807) is 0 Å². The number of hydrogen-bond acceptors (Lipinski definition) is 4. The van der Waals surface area contributed by atoms with Crippen LogP contribution in [0.2, 0.25) is 0 Å². The van der Waals surface area contributed by atoms with Crippen LogP contribution in [0.3, 0.4) is 0 Å². The lowest BCUT2D eigenvalue weighted by atomic mass is 10.00. The molecule has 9 aromatic rings.